The number of carbonyl (C=O) groups excluding carboxylic acids is 1. The third kappa shape index (κ3) is 4.90. The molecule has 1 heterocycles. The van der Waals surface area contributed by atoms with Crippen molar-refractivity contribution >= 4 is 34.8 Å². The van der Waals surface area contributed by atoms with Crippen LogP contribution in [0.1, 0.15) is 18.4 Å². The molecule has 1 amide bonds. The van der Waals surface area contributed by atoms with Crippen molar-refractivity contribution < 1.29 is 14.3 Å². The average Bonchev–Trinajstić information content (AvgIpc) is 2.71. The maximum absolute atomic E-state index is 12.9. The van der Waals surface area contributed by atoms with Gasteiger partial charge in [0.1, 0.15) is 11.5 Å². The number of likely N-dealkylation sites (tertiary alicyclic amines) is 1. The number of carbonyl (C=O) groups is 1. The Morgan fingerprint density at radius 2 is 1.93 bits per heavy atom. The van der Waals surface area contributed by atoms with E-state index in [4.69, 9.17) is 32.7 Å². The van der Waals surface area contributed by atoms with Gasteiger partial charge in [0.15, 0.2) is 0 Å². The molecule has 1 fully saturated rings. The lowest BCUT2D eigenvalue weighted by atomic mass is 9.96. The van der Waals surface area contributed by atoms with E-state index in [0.29, 0.717) is 40.3 Å². The smallest absolute Gasteiger partial charge is 0.228 e. The Labute approximate surface area is 175 Å². The number of nitrogens with zero attached hydrogens (tertiary/aromatic N) is 1. The second kappa shape index (κ2) is 9.50. The van der Waals surface area contributed by atoms with Crippen LogP contribution in [0.3, 0.4) is 0 Å². The van der Waals surface area contributed by atoms with Crippen molar-refractivity contribution in [3.05, 3.63) is 52.0 Å². The third-order valence-electron chi connectivity index (χ3n) is 4.98. The van der Waals surface area contributed by atoms with Crippen LogP contribution in [0.2, 0.25) is 10.0 Å². The largest absolute Gasteiger partial charge is 0.497 e. The predicted molar refractivity (Wildman–Crippen MR) is 113 cm³/mol. The molecule has 1 aliphatic heterocycles. The Bertz CT molecular complexity index is 824. The van der Waals surface area contributed by atoms with Crippen LogP contribution in [-0.2, 0) is 11.3 Å². The minimum atomic E-state index is -0.120. The van der Waals surface area contributed by atoms with Crippen LogP contribution >= 0.6 is 23.2 Å². The molecule has 5 nitrogen and oxygen atoms in total. The quantitative estimate of drug-likeness (QED) is 0.721. The minimum absolute atomic E-state index is 0.0264. The molecule has 0 radical (unpaired) electrons. The highest BCUT2D eigenvalue weighted by molar-refractivity contribution is 6.35. The first-order valence-electron chi connectivity index (χ1n) is 9.20. The zero-order valence-corrected chi connectivity index (χ0v) is 17.5. The van der Waals surface area contributed by atoms with Crippen molar-refractivity contribution in [1.29, 1.82) is 0 Å². The van der Waals surface area contributed by atoms with Crippen LogP contribution in [0.15, 0.2) is 36.4 Å². The van der Waals surface area contributed by atoms with Crippen LogP contribution in [0.4, 0.5) is 5.69 Å². The summed E-state index contributed by atoms with van der Waals surface area (Å²) in [5.41, 5.74) is 1.51. The lowest BCUT2D eigenvalue weighted by Crippen LogP contribution is -2.40. The summed E-state index contributed by atoms with van der Waals surface area (Å²) < 4.78 is 10.6. The average molecular weight is 423 g/mol. The summed E-state index contributed by atoms with van der Waals surface area (Å²) in [7, 11) is 3.17. The number of hydrogen-bond acceptors (Lipinski definition) is 4. The van der Waals surface area contributed by atoms with E-state index < -0.39 is 0 Å². The summed E-state index contributed by atoms with van der Waals surface area (Å²) in [6.45, 7) is 2.19. The number of rotatable bonds is 6. The normalized spacial score (nSPS) is 17.2. The Morgan fingerprint density at radius 3 is 2.61 bits per heavy atom. The standard InChI is InChI=1S/C21H24Cl2N2O3/c1-27-15-8-9-20(28-2)19(11-15)24-21(26)14-5-4-10-25(12-14)13-16-17(22)6-3-7-18(16)23/h3,6-9,11,14H,4-5,10,12-13H2,1-2H3,(H,24,26). The van der Waals surface area contributed by atoms with Gasteiger partial charge in [0, 0.05) is 34.8 Å². The maximum atomic E-state index is 12.9. The molecule has 1 unspecified atom stereocenters. The molecular weight excluding hydrogens is 399 g/mol. The first-order chi connectivity index (χ1) is 13.5. The van der Waals surface area contributed by atoms with Crippen molar-refractivity contribution in [1.82, 2.24) is 4.90 Å². The third-order valence-corrected chi connectivity index (χ3v) is 5.69. The number of amides is 1. The summed E-state index contributed by atoms with van der Waals surface area (Å²) in [4.78, 5) is 15.1. The van der Waals surface area contributed by atoms with Gasteiger partial charge >= 0.3 is 0 Å². The van der Waals surface area contributed by atoms with Gasteiger partial charge in [-0.25, -0.2) is 0 Å². The molecule has 0 aliphatic carbocycles. The number of methoxy groups -OCH3 is 2. The Kier molecular flexibility index (Phi) is 7.05. The van der Waals surface area contributed by atoms with E-state index in [0.717, 1.165) is 24.9 Å². The van der Waals surface area contributed by atoms with Crippen LogP contribution in [0.5, 0.6) is 11.5 Å². The number of halogens is 2. The van der Waals surface area contributed by atoms with Crippen LogP contribution in [0, 0.1) is 5.92 Å². The fraction of sp³-hybridized carbons (Fsp3) is 0.381. The van der Waals surface area contributed by atoms with Crippen LogP contribution in [-0.4, -0.2) is 38.1 Å². The summed E-state index contributed by atoms with van der Waals surface area (Å²) in [6, 6.07) is 10.9. The fourth-order valence-electron chi connectivity index (χ4n) is 3.47. The molecule has 0 bridgehead atoms. The summed E-state index contributed by atoms with van der Waals surface area (Å²) in [5, 5.41) is 4.30. The SMILES string of the molecule is COc1ccc(OC)c(NC(=O)C2CCCN(Cc3c(Cl)cccc3Cl)C2)c1. The molecule has 1 aliphatic rings. The van der Waals surface area contributed by atoms with Gasteiger partial charge in [-0.1, -0.05) is 29.3 Å². The zero-order valence-electron chi connectivity index (χ0n) is 16.0. The highest BCUT2D eigenvalue weighted by atomic mass is 35.5. The van der Waals surface area contributed by atoms with E-state index >= 15 is 0 Å². The molecular formula is C21H24Cl2N2O3. The van der Waals surface area contributed by atoms with Crippen LogP contribution < -0.4 is 14.8 Å². The van der Waals surface area contributed by atoms with E-state index in [9.17, 15) is 4.79 Å². The highest BCUT2D eigenvalue weighted by Gasteiger charge is 2.27. The molecule has 2 aromatic rings. The Morgan fingerprint density at radius 1 is 1.18 bits per heavy atom. The number of ether oxygens (including phenoxy) is 2. The van der Waals surface area contributed by atoms with Gasteiger partial charge in [-0.15, -0.1) is 0 Å². The molecule has 1 atom stereocenters. The van der Waals surface area contributed by atoms with Gasteiger partial charge in [0.25, 0.3) is 0 Å². The van der Waals surface area contributed by atoms with Gasteiger partial charge in [0.05, 0.1) is 25.8 Å². The topological polar surface area (TPSA) is 50.8 Å². The Hall–Kier alpha value is -1.95. The second-order valence-electron chi connectivity index (χ2n) is 6.83. The lowest BCUT2D eigenvalue weighted by molar-refractivity contribution is -0.121. The van der Waals surface area contributed by atoms with Crippen molar-refractivity contribution in [3.63, 3.8) is 0 Å². The van der Waals surface area contributed by atoms with E-state index in [-0.39, 0.29) is 11.8 Å². The lowest BCUT2D eigenvalue weighted by Gasteiger charge is -2.32. The van der Waals surface area contributed by atoms with Gasteiger partial charge in [0.2, 0.25) is 5.91 Å². The monoisotopic (exact) mass is 422 g/mol. The Balaban J connectivity index is 1.68. The highest BCUT2D eigenvalue weighted by Crippen LogP contribution is 2.31. The second-order valence-corrected chi connectivity index (χ2v) is 7.64. The van der Waals surface area contributed by atoms with Gasteiger partial charge in [-0.3, -0.25) is 9.69 Å². The summed E-state index contributed by atoms with van der Waals surface area (Å²) in [5.74, 6) is 1.12. The number of piperidine rings is 1. The molecule has 0 spiro atoms. The van der Waals surface area contributed by atoms with E-state index in [1.165, 1.54) is 0 Å². The van der Waals surface area contributed by atoms with Gasteiger partial charge in [-0.05, 0) is 43.7 Å². The van der Waals surface area contributed by atoms with Crippen molar-refractivity contribution in [2.75, 3.05) is 32.6 Å². The molecule has 7 heteroatoms. The first-order valence-corrected chi connectivity index (χ1v) is 9.95. The summed E-state index contributed by atoms with van der Waals surface area (Å²) in [6.07, 6.45) is 1.78. The van der Waals surface area contributed by atoms with Gasteiger partial charge in [-0.2, -0.15) is 0 Å². The maximum Gasteiger partial charge on any atom is 0.228 e. The van der Waals surface area contributed by atoms with Crippen LogP contribution in [0.25, 0.3) is 0 Å². The molecule has 2 aromatic carbocycles. The van der Waals surface area contributed by atoms with Crippen molar-refractivity contribution in [3.8, 4) is 11.5 Å². The van der Waals surface area contributed by atoms with E-state index in [1.54, 1.807) is 32.4 Å². The van der Waals surface area contributed by atoms with Crippen molar-refractivity contribution in [2.45, 2.75) is 19.4 Å². The number of benzene rings is 2. The van der Waals surface area contributed by atoms with Crippen molar-refractivity contribution in [2.24, 2.45) is 5.92 Å². The predicted octanol–water partition coefficient (Wildman–Crippen LogP) is 4.86. The summed E-state index contributed by atoms with van der Waals surface area (Å²) >= 11 is 12.6. The first kappa shape index (κ1) is 20.8. The molecule has 0 saturated carbocycles. The number of anilines is 1. The zero-order chi connectivity index (χ0) is 20.1. The molecule has 28 heavy (non-hydrogen) atoms. The molecule has 0 aromatic heterocycles. The van der Waals surface area contributed by atoms with E-state index in [2.05, 4.69) is 10.2 Å². The molecule has 1 N–H and O–H groups in total. The fourth-order valence-corrected chi connectivity index (χ4v) is 3.98. The number of nitrogens with one attached hydrogen (secondary N) is 1. The molecule has 150 valence electrons. The van der Waals surface area contributed by atoms with Gasteiger partial charge < -0.3 is 14.8 Å². The number of hydrogen-bond donors (Lipinski definition) is 1. The minimum Gasteiger partial charge on any atom is -0.497 e. The van der Waals surface area contributed by atoms with E-state index in [1.807, 2.05) is 18.2 Å². The molecule has 1 saturated heterocycles. The molecule has 3 rings (SSSR count).